The average Bonchev–Trinajstić information content (AvgIpc) is 3.05. The molecule has 0 bridgehead atoms. The minimum atomic E-state index is 0.722. The van der Waals surface area contributed by atoms with Crippen LogP contribution >= 0.6 is 0 Å². The predicted octanol–water partition coefficient (Wildman–Crippen LogP) is 3.69. The van der Waals surface area contributed by atoms with E-state index >= 15 is 0 Å². The molecule has 0 aliphatic heterocycles. The Bertz CT molecular complexity index is 985. The summed E-state index contributed by atoms with van der Waals surface area (Å²) in [6.45, 7) is 0. The molecule has 0 saturated heterocycles. The topological polar surface area (TPSA) is 68.2 Å². The number of nitrogen functional groups attached to an aromatic ring is 1. The normalized spacial score (nSPS) is 10.9. The quantitative estimate of drug-likeness (QED) is 0.605. The van der Waals surface area contributed by atoms with Gasteiger partial charge in [0, 0.05) is 42.5 Å². The highest BCUT2D eigenvalue weighted by atomic mass is 15.0. The molecule has 0 spiro atoms. The van der Waals surface area contributed by atoms with Crippen molar-refractivity contribution in [2.24, 2.45) is 0 Å². The fourth-order valence-corrected chi connectivity index (χ4v) is 2.69. The van der Waals surface area contributed by atoms with Crippen LogP contribution in [0, 0.1) is 0 Å². The molecule has 4 aromatic rings. The smallest absolute Gasteiger partial charge is 0.137 e. The third-order valence-corrected chi connectivity index (χ3v) is 4.01. The molecule has 5 heteroatoms. The summed E-state index contributed by atoms with van der Waals surface area (Å²) in [5.74, 6) is 0.861. The van der Waals surface area contributed by atoms with E-state index in [9.17, 15) is 0 Å². The Morgan fingerprint density at radius 3 is 2.33 bits per heavy atom. The van der Waals surface area contributed by atoms with Gasteiger partial charge in [0.2, 0.25) is 0 Å². The lowest BCUT2D eigenvalue weighted by Gasteiger charge is -2.04. The van der Waals surface area contributed by atoms with Crippen LogP contribution in [0.5, 0.6) is 0 Å². The van der Waals surface area contributed by atoms with Crippen molar-refractivity contribution >= 4 is 17.2 Å². The number of nitrogens with one attached hydrogen (secondary N) is 1. The van der Waals surface area contributed by atoms with E-state index in [4.69, 9.17) is 5.73 Å². The number of anilines is 2. The van der Waals surface area contributed by atoms with Crippen molar-refractivity contribution in [3.05, 3.63) is 67.1 Å². The van der Waals surface area contributed by atoms with Crippen LogP contribution < -0.4 is 11.1 Å². The maximum absolute atomic E-state index is 5.82. The Morgan fingerprint density at radius 2 is 1.62 bits per heavy atom. The van der Waals surface area contributed by atoms with Crippen LogP contribution in [0.2, 0.25) is 0 Å². The first kappa shape index (κ1) is 14.3. The lowest BCUT2D eigenvalue weighted by molar-refractivity contribution is 1.19. The van der Waals surface area contributed by atoms with Crippen LogP contribution in [0.4, 0.5) is 11.5 Å². The van der Waals surface area contributed by atoms with E-state index < -0.39 is 0 Å². The van der Waals surface area contributed by atoms with Gasteiger partial charge in [-0.1, -0.05) is 24.3 Å². The molecule has 0 saturated carbocycles. The standard InChI is InChI=1S/C19H17N5/c1-21-18-8-6-15(10-22-18)13-2-4-14(5-3-13)17-12-24-11-16(20)7-9-19(24)23-17/h2-12H,20H2,1H3,(H,21,22). The van der Waals surface area contributed by atoms with E-state index in [-0.39, 0.29) is 0 Å². The molecule has 0 radical (unpaired) electrons. The molecule has 1 aromatic carbocycles. The first-order valence-electron chi connectivity index (χ1n) is 7.72. The third kappa shape index (κ3) is 2.56. The summed E-state index contributed by atoms with van der Waals surface area (Å²) >= 11 is 0. The molecule has 4 rings (SSSR count). The zero-order valence-electron chi connectivity index (χ0n) is 13.3. The van der Waals surface area contributed by atoms with E-state index in [1.165, 1.54) is 0 Å². The first-order valence-corrected chi connectivity index (χ1v) is 7.72. The van der Waals surface area contributed by atoms with Crippen LogP contribution in [-0.2, 0) is 0 Å². The van der Waals surface area contributed by atoms with Crippen molar-refractivity contribution in [3.8, 4) is 22.4 Å². The minimum absolute atomic E-state index is 0.722. The van der Waals surface area contributed by atoms with Gasteiger partial charge in [-0.15, -0.1) is 0 Å². The van der Waals surface area contributed by atoms with Crippen LogP contribution in [-0.4, -0.2) is 21.4 Å². The Kier molecular flexibility index (Phi) is 3.39. The van der Waals surface area contributed by atoms with Gasteiger partial charge in [-0.25, -0.2) is 9.97 Å². The third-order valence-electron chi connectivity index (χ3n) is 4.01. The summed E-state index contributed by atoms with van der Waals surface area (Å²) < 4.78 is 1.94. The van der Waals surface area contributed by atoms with Gasteiger partial charge in [-0.05, 0) is 29.8 Å². The number of pyridine rings is 2. The number of benzene rings is 1. The summed E-state index contributed by atoms with van der Waals surface area (Å²) in [6.07, 6.45) is 5.73. The number of fused-ring (bicyclic) bond motifs is 1. The van der Waals surface area contributed by atoms with Crippen molar-refractivity contribution in [3.63, 3.8) is 0 Å². The lowest BCUT2D eigenvalue weighted by Crippen LogP contribution is -1.91. The Hall–Kier alpha value is -3.34. The first-order chi connectivity index (χ1) is 11.7. The Morgan fingerprint density at radius 1 is 0.875 bits per heavy atom. The molecule has 3 heterocycles. The number of nitrogens with two attached hydrogens (primary N) is 1. The number of imidazole rings is 1. The van der Waals surface area contributed by atoms with Crippen LogP contribution in [0.15, 0.2) is 67.1 Å². The van der Waals surface area contributed by atoms with Crippen molar-refractivity contribution < 1.29 is 0 Å². The highest BCUT2D eigenvalue weighted by molar-refractivity contribution is 5.70. The summed E-state index contributed by atoms with van der Waals surface area (Å²) in [7, 11) is 1.86. The van der Waals surface area contributed by atoms with Gasteiger partial charge in [0.05, 0.1) is 5.69 Å². The van der Waals surface area contributed by atoms with Crippen LogP contribution in [0.3, 0.4) is 0 Å². The van der Waals surface area contributed by atoms with Gasteiger partial charge >= 0.3 is 0 Å². The van der Waals surface area contributed by atoms with E-state index in [0.717, 1.165) is 39.5 Å². The maximum Gasteiger partial charge on any atom is 0.137 e. The molecule has 0 aliphatic rings. The molecule has 0 atom stereocenters. The van der Waals surface area contributed by atoms with Gasteiger partial charge in [0.1, 0.15) is 11.5 Å². The molecular formula is C19H17N5. The summed E-state index contributed by atoms with van der Waals surface area (Å²) in [6, 6.07) is 16.1. The van der Waals surface area contributed by atoms with Crippen molar-refractivity contribution in [2.75, 3.05) is 18.1 Å². The Balaban J connectivity index is 1.66. The second-order valence-corrected chi connectivity index (χ2v) is 5.61. The molecule has 3 aromatic heterocycles. The van der Waals surface area contributed by atoms with Crippen LogP contribution in [0.25, 0.3) is 28.0 Å². The summed E-state index contributed by atoms with van der Waals surface area (Å²) in [5.41, 5.74) is 11.6. The van der Waals surface area contributed by atoms with Crippen molar-refractivity contribution in [2.45, 2.75) is 0 Å². The van der Waals surface area contributed by atoms with E-state index in [1.807, 2.05) is 48.2 Å². The highest BCUT2D eigenvalue weighted by Crippen LogP contribution is 2.25. The molecule has 5 nitrogen and oxygen atoms in total. The van der Waals surface area contributed by atoms with Gasteiger partial charge in [0.25, 0.3) is 0 Å². The van der Waals surface area contributed by atoms with Gasteiger partial charge in [-0.2, -0.15) is 0 Å². The second-order valence-electron chi connectivity index (χ2n) is 5.61. The van der Waals surface area contributed by atoms with Crippen molar-refractivity contribution in [1.29, 1.82) is 0 Å². The second kappa shape index (κ2) is 5.70. The molecule has 24 heavy (non-hydrogen) atoms. The molecule has 118 valence electrons. The Labute approximate surface area is 139 Å². The number of hydrogen-bond donors (Lipinski definition) is 2. The highest BCUT2D eigenvalue weighted by Gasteiger charge is 2.05. The predicted molar refractivity (Wildman–Crippen MR) is 97.8 cm³/mol. The number of rotatable bonds is 3. The number of aromatic nitrogens is 3. The van der Waals surface area contributed by atoms with E-state index in [0.29, 0.717) is 0 Å². The molecule has 0 unspecified atom stereocenters. The maximum atomic E-state index is 5.82. The fraction of sp³-hybridized carbons (Fsp3) is 0.0526. The monoisotopic (exact) mass is 315 g/mol. The SMILES string of the molecule is CNc1ccc(-c2ccc(-c3cn4cc(N)ccc4n3)cc2)cn1. The van der Waals surface area contributed by atoms with Crippen molar-refractivity contribution in [1.82, 2.24) is 14.4 Å². The van der Waals surface area contributed by atoms with Gasteiger partial charge < -0.3 is 15.5 Å². The zero-order valence-corrected chi connectivity index (χ0v) is 13.3. The number of nitrogens with zero attached hydrogens (tertiary/aromatic N) is 3. The zero-order chi connectivity index (χ0) is 16.5. The summed E-state index contributed by atoms with van der Waals surface area (Å²) in [5, 5.41) is 3.02. The lowest BCUT2D eigenvalue weighted by atomic mass is 10.0. The molecule has 3 N–H and O–H groups in total. The van der Waals surface area contributed by atoms with Gasteiger partial charge in [0.15, 0.2) is 0 Å². The fourth-order valence-electron chi connectivity index (χ4n) is 2.69. The number of hydrogen-bond acceptors (Lipinski definition) is 4. The van der Waals surface area contributed by atoms with E-state index in [1.54, 1.807) is 0 Å². The molecule has 0 amide bonds. The van der Waals surface area contributed by atoms with Crippen LogP contribution in [0.1, 0.15) is 0 Å². The van der Waals surface area contributed by atoms with Gasteiger partial charge in [-0.3, -0.25) is 0 Å². The molecular weight excluding hydrogens is 298 g/mol. The summed E-state index contributed by atoms with van der Waals surface area (Å²) in [4.78, 5) is 8.99. The minimum Gasteiger partial charge on any atom is -0.398 e. The average molecular weight is 315 g/mol. The largest absolute Gasteiger partial charge is 0.398 e. The van der Waals surface area contributed by atoms with E-state index in [2.05, 4.69) is 45.6 Å². The molecule has 0 fully saturated rings. The molecule has 0 aliphatic carbocycles.